The van der Waals surface area contributed by atoms with Gasteiger partial charge in [0.2, 0.25) is 0 Å². The largest absolute Gasteiger partial charge is 0.381 e. The Bertz CT molecular complexity index is 457. The summed E-state index contributed by atoms with van der Waals surface area (Å²) in [5.41, 5.74) is 2.00. The number of hydrogen-bond donors (Lipinski definition) is 3. The molecule has 0 radical (unpaired) electrons. The highest BCUT2D eigenvalue weighted by molar-refractivity contribution is 5.92. The Labute approximate surface area is 113 Å². The summed E-state index contributed by atoms with van der Waals surface area (Å²) < 4.78 is 0. The lowest BCUT2D eigenvalue weighted by Crippen LogP contribution is -2.46. The Kier molecular flexibility index (Phi) is 3.14. The number of pyridine rings is 1. The average molecular weight is 260 g/mol. The van der Waals surface area contributed by atoms with Crippen molar-refractivity contribution in [2.75, 3.05) is 25.5 Å². The normalized spacial score (nSPS) is 29.0. The van der Waals surface area contributed by atoms with Gasteiger partial charge >= 0.3 is 0 Å². The van der Waals surface area contributed by atoms with E-state index in [0.29, 0.717) is 17.2 Å². The van der Waals surface area contributed by atoms with Gasteiger partial charge in [-0.2, -0.15) is 0 Å². The highest BCUT2D eigenvalue weighted by Crippen LogP contribution is 2.46. The summed E-state index contributed by atoms with van der Waals surface area (Å²) >= 11 is 0. The van der Waals surface area contributed by atoms with E-state index < -0.39 is 0 Å². The second-order valence-electron chi connectivity index (χ2n) is 5.69. The van der Waals surface area contributed by atoms with E-state index in [9.17, 15) is 4.79 Å². The molecule has 2 fully saturated rings. The first-order valence-corrected chi connectivity index (χ1v) is 6.86. The van der Waals surface area contributed by atoms with Crippen LogP contribution in [-0.4, -0.2) is 37.1 Å². The van der Waals surface area contributed by atoms with Crippen LogP contribution in [0.3, 0.4) is 0 Å². The number of rotatable bonds is 3. The third-order valence-electron chi connectivity index (χ3n) is 4.28. The van der Waals surface area contributed by atoms with Crippen molar-refractivity contribution in [3.05, 3.63) is 24.0 Å². The Balaban J connectivity index is 1.55. The minimum Gasteiger partial charge on any atom is -0.381 e. The van der Waals surface area contributed by atoms with Gasteiger partial charge in [0.1, 0.15) is 5.69 Å². The van der Waals surface area contributed by atoms with Crippen molar-refractivity contribution in [3.8, 4) is 0 Å². The summed E-state index contributed by atoms with van der Waals surface area (Å²) in [5.74, 6) is -0.147. The van der Waals surface area contributed by atoms with Crippen LogP contribution in [0.25, 0.3) is 0 Å². The van der Waals surface area contributed by atoms with E-state index in [1.54, 1.807) is 19.3 Å². The summed E-state index contributed by atoms with van der Waals surface area (Å²) in [4.78, 5) is 15.5. The van der Waals surface area contributed by atoms with Crippen LogP contribution in [0.15, 0.2) is 18.3 Å². The predicted molar refractivity (Wildman–Crippen MR) is 74.2 cm³/mol. The number of nitrogens with zero attached hydrogens (tertiary/aromatic N) is 1. The molecule has 3 rings (SSSR count). The molecule has 3 N–H and O–H groups in total. The fourth-order valence-corrected chi connectivity index (χ4v) is 3.21. The van der Waals surface area contributed by atoms with Crippen molar-refractivity contribution in [2.24, 2.45) is 5.41 Å². The first kappa shape index (κ1) is 12.4. The Morgan fingerprint density at radius 3 is 2.89 bits per heavy atom. The topological polar surface area (TPSA) is 66.1 Å². The molecule has 5 nitrogen and oxygen atoms in total. The van der Waals surface area contributed by atoms with Gasteiger partial charge in [0.25, 0.3) is 5.91 Å². The first-order chi connectivity index (χ1) is 9.21. The maximum atomic E-state index is 11.4. The van der Waals surface area contributed by atoms with Crippen LogP contribution in [0.4, 0.5) is 5.69 Å². The number of carbonyl (C=O) groups is 1. The average Bonchev–Trinajstić information content (AvgIpc) is 2.88. The second-order valence-corrected chi connectivity index (χ2v) is 5.69. The molecule has 1 spiro atoms. The summed E-state index contributed by atoms with van der Waals surface area (Å²) in [6.07, 6.45) is 5.51. The van der Waals surface area contributed by atoms with Crippen molar-refractivity contribution in [1.29, 1.82) is 0 Å². The molecular formula is C14H20N4O. The molecule has 19 heavy (non-hydrogen) atoms. The zero-order valence-corrected chi connectivity index (χ0v) is 11.2. The number of carbonyl (C=O) groups excluding carboxylic acids is 1. The van der Waals surface area contributed by atoms with Gasteiger partial charge in [-0.3, -0.25) is 4.79 Å². The fourth-order valence-electron chi connectivity index (χ4n) is 3.21. The van der Waals surface area contributed by atoms with E-state index in [4.69, 9.17) is 0 Å². The molecule has 1 aliphatic heterocycles. The number of amides is 1. The summed E-state index contributed by atoms with van der Waals surface area (Å²) in [7, 11) is 1.61. The van der Waals surface area contributed by atoms with Gasteiger partial charge in [0, 0.05) is 19.6 Å². The third kappa shape index (κ3) is 2.42. The predicted octanol–water partition coefficient (Wildman–Crippen LogP) is 0.995. The van der Waals surface area contributed by atoms with E-state index in [1.165, 1.54) is 25.8 Å². The molecule has 5 heteroatoms. The van der Waals surface area contributed by atoms with Crippen LogP contribution < -0.4 is 16.0 Å². The smallest absolute Gasteiger partial charge is 0.269 e. The maximum absolute atomic E-state index is 11.4. The lowest BCUT2D eigenvalue weighted by molar-refractivity contribution is 0.0958. The number of anilines is 1. The standard InChI is InChI=1S/C14H20N4O/c1-15-13(19)12-3-2-10(8-17-12)18-11-6-14(7-11)4-5-16-9-14/h2-3,8,11,16,18H,4-7,9H2,1H3,(H,15,19). The zero-order valence-electron chi connectivity index (χ0n) is 11.2. The number of hydrogen-bond acceptors (Lipinski definition) is 4. The molecule has 1 aliphatic carbocycles. The van der Waals surface area contributed by atoms with E-state index in [2.05, 4.69) is 20.9 Å². The van der Waals surface area contributed by atoms with Crippen molar-refractivity contribution < 1.29 is 4.79 Å². The van der Waals surface area contributed by atoms with Crippen molar-refractivity contribution >= 4 is 11.6 Å². The number of aromatic nitrogens is 1. The molecule has 2 aliphatic rings. The van der Waals surface area contributed by atoms with Crippen LogP contribution in [0, 0.1) is 5.41 Å². The van der Waals surface area contributed by atoms with Crippen molar-refractivity contribution in [2.45, 2.75) is 25.3 Å². The molecule has 0 unspecified atom stereocenters. The minimum atomic E-state index is -0.147. The van der Waals surface area contributed by atoms with Gasteiger partial charge in [0.05, 0.1) is 11.9 Å². The highest BCUT2D eigenvalue weighted by Gasteiger charge is 2.45. The van der Waals surface area contributed by atoms with Crippen LogP contribution in [0.5, 0.6) is 0 Å². The van der Waals surface area contributed by atoms with Crippen LogP contribution in [-0.2, 0) is 0 Å². The van der Waals surface area contributed by atoms with E-state index in [-0.39, 0.29) is 5.91 Å². The first-order valence-electron chi connectivity index (χ1n) is 6.86. The van der Waals surface area contributed by atoms with E-state index in [1.807, 2.05) is 6.07 Å². The minimum absolute atomic E-state index is 0.147. The van der Waals surface area contributed by atoms with Gasteiger partial charge in [-0.1, -0.05) is 0 Å². The van der Waals surface area contributed by atoms with E-state index >= 15 is 0 Å². The van der Waals surface area contributed by atoms with Gasteiger partial charge in [-0.05, 0) is 43.4 Å². The summed E-state index contributed by atoms with van der Waals surface area (Å²) in [5, 5.41) is 9.50. The zero-order chi connectivity index (χ0) is 13.3. The van der Waals surface area contributed by atoms with Crippen molar-refractivity contribution in [3.63, 3.8) is 0 Å². The quantitative estimate of drug-likeness (QED) is 0.758. The van der Waals surface area contributed by atoms with E-state index in [0.717, 1.165) is 12.2 Å². The molecule has 102 valence electrons. The molecule has 1 aromatic rings. The number of nitrogens with one attached hydrogen (secondary N) is 3. The summed E-state index contributed by atoms with van der Waals surface area (Å²) in [6, 6.07) is 4.23. The Morgan fingerprint density at radius 2 is 2.32 bits per heavy atom. The maximum Gasteiger partial charge on any atom is 0.269 e. The second kappa shape index (κ2) is 4.81. The molecular weight excluding hydrogens is 240 g/mol. The molecule has 0 aromatic carbocycles. The molecule has 0 atom stereocenters. The van der Waals surface area contributed by atoms with Gasteiger partial charge in [-0.25, -0.2) is 4.98 Å². The SMILES string of the molecule is CNC(=O)c1ccc(NC2CC3(CCNC3)C2)cn1. The Morgan fingerprint density at radius 1 is 1.47 bits per heavy atom. The van der Waals surface area contributed by atoms with Crippen LogP contribution in [0.2, 0.25) is 0 Å². The molecule has 1 aromatic heterocycles. The van der Waals surface area contributed by atoms with Gasteiger partial charge < -0.3 is 16.0 Å². The fraction of sp³-hybridized carbons (Fsp3) is 0.571. The summed E-state index contributed by atoms with van der Waals surface area (Å²) in [6.45, 7) is 2.33. The van der Waals surface area contributed by atoms with Crippen LogP contribution in [0.1, 0.15) is 29.8 Å². The Hall–Kier alpha value is -1.62. The lowest BCUT2D eigenvalue weighted by atomic mass is 9.65. The third-order valence-corrected chi connectivity index (χ3v) is 4.28. The molecule has 2 heterocycles. The molecule has 0 bridgehead atoms. The van der Waals surface area contributed by atoms with Gasteiger partial charge in [0.15, 0.2) is 0 Å². The highest BCUT2D eigenvalue weighted by atomic mass is 16.1. The van der Waals surface area contributed by atoms with Crippen molar-refractivity contribution in [1.82, 2.24) is 15.6 Å². The van der Waals surface area contributed by atoms with Gasteiger partial charge in [-0.15, -0.1) is 0 Å². The monoisotopic (exact) mass is 260 g/mol. The van der Waals surface area contributed by atoms with Crippen LogP contribution >= 0.6 is 0 Å². The molecule has 1 saturated carbocycles. The molecule has 1 saturated heterocycles. The lowest BCUT2D eigenvalue weighted by Gasteiger charge is -2.45. The molecule has 1 amide bonds.